The number of hydrazine groups is 1. The average Bonchev–Trinajstić information content (AvgIpc) is 2.41. The highest BCUT2D eigenvalue weighted by Crippen LogP contribution is 2.26. The van der Waals surface area contributed by atoms with Crippen molar-refractivity contribution in [2.75, 3.05) is 12.0 Å². The van der Waals surface area contributed by atoms with E-state index in [9.17, 15) is 13.6 Å². The number of benzene rings is 1. The predicted molar refractivity (Wildman–Crippen MR) is 73.1 cm³/mol. The monoisotopic (exact) mass is 283 g/mol. The van der Waals surface area contributed by atoms with Gasteiger partial charge in [0.1, 0.15) is 5.69 Å². The zero-order valence-corrected chi connectivity index (χ0v) is 11.6. The molecule has 2 rings (SSSR count). The van der Waals surface area contributed by atoms with Crippen LogP contribution in [0.15, 0.2) is 12.1 Å². The van der Waals surface area contributed by atoms with Crippen molar-refractivity contribution in [1.82, 2.24) is 4.90 Å². The van der Waals surface area contributed by atoms with Crippen molar-refractivity contribution < 1.29 is 13.6 Å². The smallest absolute Gasteiger partial charge is 0.254 e. The summed E-state index contributed by atoms with van der Waals surface area (Å²) in [5, 5.41) is 0. The van der Waals surface area contributed by atoms with Gasteiger partial charge in [-0.2, -0.15) is 0 Å². The number of amides is 1. The van der Waals surface area contributed by atoms with E-state index in [1.807, 2.05) is 12.3 Å². The number of nitrogens with one attached hydrogen (secondary N) is 1. The highest BCUT2D eigenvalue weighted by atomic mass is 19.1. The van der Waals surface area contributed by atoms with Crippen LogP contribution in [0.25, 0.3) is 0 Å². The van der Waals surface area contributed by atoms with Gasteiger partial charge in [-0.3, -0.25) is 10.6 Å². The second kappa shape index (κ2) is 5.75. The summed E-state index contributed by atoms with van der Waals surface area (Å²) >= 11 is 0. The fourth-order valence-corrected chi connectivity index (χ4v) is 2.62. The molecule has 6 heteroatoms. The Balaban J connectivity index is 2.29. The first-order chi connectivity index (χ1) is 9.45. The maximum Gasteiger partial charge on any atom is 0.254 e. The molecule has 1 saturated heterocycles. The number of hydrogen-bond acceptors (Lipinski definition) is 3. The molecule has 2 unspecified atom stereocenters. The summed E-state index contributed by atoms with van der Waals surface area (Å²) < 4.78 is 27.3. The lowest BCUT2D eigenvalue weighted by Crippen LogP contribution is -2.46. The van der Waals surface area contributed by atoms with E-state index in [4.69, 9.17) is 5.84 Å². The first-order valence-corrected chi connectivity index (χ1v) is 6.72. The van der Waals surface area contributed by atoms with Crippen molar-refractivity contribution >= 4 is 11.6 Å². The van der Waals surface area contributed by atoms with E-state index in [0.29, 0.717) is 12.5 Å². The first-order valence-electron chi connectivity index (χ1n) is 6.72. The number of nitrogens with two attached hydrogens (primary N) is 1. The minimum atomic E-state index is -0.867. The molecule has 4 nitrogen and oxygen atoms in total. The molecule has 20 heavy (non-hydrogen) atoms. The fraction of sp³-hybridized carbons (Fsp3) is 0.500. The Morgan fingerprint density at radius 1 is 1.35 bits per heavy atom. The molecule has 0 spiro atoms. The Morgan fingerprint density at radius 3 is 2.50 bits per heavy atom. The SMILES string of the molecule is CC1CCCN(C(=O)c2cc(F)c(NN)c(F)c2)C1C. The number of nitrogens with zero attached hydrogens (tertiary/aromatic N) is 1. The Hall–Kier alpha value is -1.69. The van der Waals surface area contributed by atoms with Crippen molar-refractivity contribution in [3.8, 4) is 0 Å². The van der Waals surface area contributed by atoms with Gasteiger partial charge in [0, 0.05) is 18.2 Å². The van der Waals surface area contributed by atoms with E-state index in [1.165, 1.54) is 0 Å². The number of halogens is 2. The van der Waals surface area contributed by atoms with Gasteiger partial charge in [-0.25, -0.2) is 8.78 Å². The lowest BCUT2D eigenvalue weighted by molar-refractivity contribution is 0.0550. The Labute approximate surface area is 116 Å². The second-order valence-corrected chi connectivity index (χ2v) is 5.32. The van der Waals surface area contributed by atoms with Gasteiger partial charge in [-0.15, -0.1) is 0 Å². The second-order valence-electron chi connectivity index (χ2n) is 5.32. The van der Waals surface area contributed by atoms with Crippen LogP contribution in [-0.2, 0) is 0 Å². The molecule has 0 radical (unpaired) electrons. The Morgan fingerprint density at radius 2 is 1.95 bits per heavy atom. The summed E-state index contributed by atoms with van der Waals surface area (Å²) in [4.78, 5) is 14.1. The molecule has 0 saturated carbocycles. The van der Waals surface area contributed by atoms with Gasteiger partial charge in [-0.1, -0.05) is 6.92 Å². The molecule has 1 fully saturated rings. The highest BCUT2D eigenvalue weighted by Gasteiger charge is 2.29. The minimum absolute atomic E-state index is 0.0138. The van der Waals surface area contributed by atoms with E-state index in [1.54, 1.807) is 4.90 Å². The maximum absolute atomic E-state index is 13.7. The Bertz CT molecular complexity index is 498. The Kier molecular flexibility index (Phi) is 4.23. The van der Waals surface area contributed by atoms with Crippen LogP contribution in [0.1, 0.15) is 37.0 Å². The number of hydrogen-bond donors (Lipinski definition) is 2. The van der Waals surface area contributed by atoms with Gasteiger partial charge in [0.2, 0.25) is 0 Å². The van der Waals surface area contributed by atoms with Crippen LogP contribution in [0.5, 0.6) is 0 Å². The molecule has 0 aromatic heterocycles. The molecule has 1 aromatic carbocycles. The number of carbonyl (C=O) groups is 1. The standard InChI is InChI=1S/C14H19F2N3O/c1-8-4-3-5-19(9(8)2)14(20)10-6-11(15)13(18-17)12(16)7-10/h6-9,18H,3-5,17H2,1-2H3. The van der Waals surface area contributed by atoms with Crippen LogP contribution in [0.3, 0.4) is 0 Å². The molecular weight excluding hydrogens is 264 g/mol. The number of carbonyl (C=O) groups excluding carboxylic acids is 1. The third-order valence-corrected chi connectivity index (χ3v) is 4.07. The van der Waals surface area contributed by atoms with Crippen molar-refractivity contribution in [2.24, 2.45) is 11.8 Å². The summed E-state index contributed by atoms with van der Waals surface area (Å²) in [5.41, 5.74) is 1.53. The van der Waals surface area contributed by atoms with Crippen molar-refractivity contribution in [1.29, 1.82) is 0 Å². The van der Waals surface area contributed by atoms with Crippen LogP contribution < -0.4 is 11.3 Å². The molecular formula is C14H19F2N3O. The largest absolute Gasteiger partial charge is 0.336 e. The van der Waals surface area contributed by atoms with Crippen LogP contribution in [0.2, 0.25) is 0 Å². The third-order valence-electron chi connectivity index (χ3n) is 4.07. The van der Waals surface area contributed by atoms with E-state index in [0.717, 1.165) is 25.0 Å². The van der Waals surface area contributed by atoms with Crippen LogP contribution in [-0.4, -0.2) is 23.4 Å². The molecule has 1 amide bonds. The van der Waals surface area contributed by atoms with Crippen LogP contribution in [0.4, 0.5) is 14.5 Å². The lowest BCUT2D eigenvalue weighted by Gasteiger charge is -2.38. The summed E-state index contributed by atoms with van der Waals surface area (Å²) in [6, 6.07) is 2.11. The fourth-order valence-electron chi connectivity index (χ4n) is 2.62. The molecule has 1 aromatic rings. The first kappa shape index (κ1) is 14.7. The number of likely N-dealkylation sites (tertiary alicyclic amines) is 1. The van der Waals surface area contributed by atoms with Gasteiger partial charge in [-0.05, 0) is 37.8 Å². The van der Waals surface area contributed by atoms with Crippen LogP contribution in [0, 0.1) is 17.6 Å². The van der Waals surface area contributed by atoms with E-state index >= 15 is 0 Å². The lowest BCUT2D eigenvalue weighted by atomic mass is 9.91. The number of piperidine rings is 1. The quantitative estimate of drug-likeness (QED) is 0.647. The molecule has 0 aliphatic carbocycles. The summed E-state index contributed by atoms with van der Waals surface area (Å²) in [6.45, 7) is 4.65. The molecule has 110 valence electrons. The molecule has 1 aliphatic rings. The number of rotatable bonds is 2. The van der Waals surface area contributed by atoms with Crippen LogP contribution >= 0.6 is 0 Å². The number of nitrogen functional groups attached to an aromatic ring is 1. The molecule has 1 heterocycles. The summed E-state index contributed by atoms with van der Waals surface area (Å²) in [7, 11) is 0. The minimum Gasteiger partial charge on any atom is -0.336 e. The maximum atomic E-state index is 13.7. The van der Waals surface area contributed by atoms with E-state index < -0.39 is 17.3 Å². The molecule has 1 aliphatic heterocycles. The predicted octanol–water partition coefficient (Wildman–Crippen LogP) is 2.51. The zero-order valence-electron chi connectivity index (χ0n) is 11.6. The van der Waals surface area contributed by atoms with E-state index in [2.05, 4.69) is 6.92 Å². The molecule has 3 N–H and O–H groups in total. The summed E-state index contributed by atoms with van der Waals surface area (Å²) in [5.74, 6) is 3.34. The van der Waals surface area contributed by atoms with Crippen molar-refractivity contribution in [3.05, 3.63) is 29.3 Å². The molecule has 2 atom stereocenters. The topological polar surface area (TPSA) is 58.4 Å². The normalized spacial score (nSPS) is 22.8. The third kappa shape index (κ3) is 2.60. The molecule has 0 bridgehead atoms. The number of anilines is 1. The van der Waals surface area contributed by atoms with Gasteiger partial charge in [0.25, 0.3) is 5.91 Å². The highest BCUT2D eigenvalue weighted by molar-refractivity contribution is 5.95. The average molecular weight is 283 g/mol. The van der Waals surface area contributed by atoms with Crippen molar-refractivity contribution in [2.45, 2.75) is 32.7 Å². The summed E-state index contributed by atoms with van der Waals surface area (Å²) in [6.07, 6.45) is 1.97. The van der Waals surface area contributed by atoms with Gasteiger partial charge in [0.05, 0.1) is 0 Å². The van der Waals surface area contributed by atoms with Crippen molar-refractivity contribution in [3.63, 3.8) is 0 Å². The van der Waals surface area contributed by atoms with Gasteiger partial charge in [0.15, 0.2) is 11.6 Å². The van der Waals surface area contributed by atoms with Gasteiger partial charge >= 0.3 is 0 Å². The zero-order chi connectivity index (χ0) is 14.9. The van der Waals surface area contributed by atoms with Gasteiger partial charge < -0.3 is 10.3 Å². The van der Waals surface area contributed by atoms with E-state index in [-0.39, 0.29) is 17.5 Å².